The summed E-state index contributed by atoms with van der Waals surface area (Å²) in [5.74, 6) is -0.688. The Hall–Kier alpha value is -2.37. The third-order valence-electron chi connectivity index (χ3n) is 3.28. The van der Waals surface area contributed by atoms with Gasteiger partial charge in [-0.1, -0.05) is 12.1 Å². The van der Waals surface area contributed by atoms with Crippen LogP contribution in [0, 0.1) is 0 Å². The van der Waals surface area contributed by atoms with E-state index in [0.29, 0.717) is 6.61 Å². The fourth-order valence-corrected chi connectivity index (χ4v) is 2.07. The molecule has 1 aromatic carbocycles. The zero-order valence-electron chi connectivity index (χ0n) is 12.4. The third-order valence-corrected chi connectivity index (χ3v) is 3.28. The number of fused-ring (bicyclic) bond motifs is 1. The lowest BCUT2D eigenvalue weighted by Crippen LogP contribution is -2.42. The van der Waals surface area contributed by atoms with Crippen molar-refractivity contribution >= 4 is 22.9 Å². The van der Waals surface area contributed by atoms with Crippen LogP contribution < -0.4 is 5.32 Å². The number of ether oxygens (including phenoxy) is 1. The standard InChI is InChI=1S/C15H19N3O3/c1-4-21-15(20)10(2)17-14(19)11(3)18-9-16-12-7-5-6-8-13(12)18/h5-11H,4H2,1-3H3,(H,17,19). The second kappa shape index (κ2) is 6.39. The van der Waals surface area contributed by atoms with Crippen LogP contribution >= 0.6 is 0 Å². The van der Waals surface area contributed by atoms with Gasteiger partial charge in [0.25, 0.3) is 0 Å². The maximum atomic E-state index is 12.2. The van der Waals surface area contributed by atoms with Crippen molar-refractivity contribution in [1.82, 2.24) is 14.9 Å². The van der Waals surface area contributed by atoms with E-state index in [-0.39, 0.29) is 5.91 Å². The Labute approximate surface area is 123 Å². The molecule has 0 radical (unpaired) electrons. The number of hydrogen-bond donors (Lipinski definition) is 1. The highest BCUT2D eigenvalue weighted by Gasteiger charge is 2.22. The summed E-state index contributed by atoms with van der Waals surface area (Å²) in [5.41, 5.74) is 1.71. The number of imidazole rings is 1. The molecule has 1 N–H and O–H groups in total. The molecule has 0 spiro atoms. The van der Waals surface area contributed by atoms with Crippen molar-refractivity contribution < 1.29 is 14.3 Å². The molecular formula is C15H19N3O3. The molecule has 6 heteroatoms. The van der Waals surface area contributed by atoms with Gasteiger partial charge in [0.1, 0.15) is 12.1 Å². The molecule has 0 aliphatic carbocycles. The number of aromatic nitrogens is 2. The first-order valence-corrected chi connectivity index (χ1v) is 6.93. The van der Waals surface area contributed by atoms with Crippen LogP contribution in [0.25, 0.3) is 11.0 Å². The molecule has 2 aromatic rings. The fraction of sp³-hybridized carbons (Fsp3) is 0.400. The summed E-state index contributed by atoms with van der Waals surface area (Å²) in [6.45, 7) is 5.39. The van der Waals surface area contributed by atoms with E-state index in [0.717, 1.165) is 11.0 Å². The SMILES string of the molecule is CCOC(=O)C(C)NC(=O)C(C)n1cnc2ccccc21. The Morgan fingerprint density at radius 1 is 1.33 bits per heavy atom. The molecule has 1 aromatic heterocycles. The summed E-state index contributed by atoms with van der Waals surface area (Å²) < 4.78 is 6.65. The lowest BCUT2D eigenvalue weighted by molar-refractivity contribution is -0.147. The molecule has 0 aliphatic rings. The minimum Gasteiger partial charge on any atom is -0.464 e. The summed E-state index contributed by atoms with van der Waals surface area (Å²) in [7, 11) is 0. The predicted molar refractivity (Wildman–Crippen MR) is 78.7 cm³/mol. The van der Waals surface area contributed by atoms with Crippen LogP contribution in [-0.2, 0) is 14.3 Å². The molecule has 112 valence electrons. The van der Waals surface area contributed by atoms with Gasteiger partial charge in [0.05, 0.1) is 24.0 Å². The Morgan fingerprint density at radius 3 is 2.76 bits per heavy atom. The maximum Gasteiger partial charge on any atom is 0.328 e. The highest BCUT2D eigenvalue weighted by molar-refractivity contribution is 5.87. The molecule has 6 nitrogen and oxygen atoms in total. The molecular weight excluding hydrogens is 270 g/mol. The summed E-state index contributed by atoms with van der Waals surface area (Å²) >= 11 is 0. The van der Waals surface area contributed by atoms with Crippen LogP contribution in [0.1, 0.15) is 26.8 Å². The minimum atomic E-state index is -0.672. The monoisotopic (exact) mass is 289 g/mol. The first-order valence-electron chi connectivity index (χ1n) is 6.93. The topological polar surface area (TPSA) is 73.2 Å². The molecule has 21 heavy (non-hydrogen) atoms. The molecule has 1 heterocycles. The van der Waals surface area contributed by atoms with Crippen molar-refractivity contribution in [3.8, 4) is 0 Å². The molecule has 0 fully saturated rings. The van der Waals surface area contributed by atoms with E-state index in [1.165, 1.54) is 0 Å². The van der Waals surface area contributed by atoms with Gasteiger partial charge >= 0.3 is 5.97 Å². The van der Waals surface area contributed by atoms with E-state index in [1.807, 2.05) is 24.3 Å². The van der Waals surface area contributed by atoms with E-state index >= 15 is 0 Å². The number of hydrogen-bond acceptors (Lipinski definition) is 4. The number of para-hydroxylation sites is 2. The van der Waals surface area contributed by atoms with E-state index in [4.69, 9.17) is 4.74 Å². The van der Waals surface area contributed by atoms with E-state index < -0.39 is 18.1 Å². The quantitative estimate of drug-likeness (QED) is 0.850. The van der Waals surface area contributed by atoms with Crippen LogP contribution in [0.15, 0.2) is 30.6 Å². The van der Waals surface area contributed by atoms with E-state index in [2.05, 4.69) is 10.3 Å². The lowest BCUT2D eigenvalue weighted by Gasteiger charge is -2.18. The summed E-state index contributed by atoms with van der Waals surface area (Å²) in [5, 5.41) is 2.66. The first-order chi connectivity index (χ1) is 10.0. The average Bonchev–Trinajstić information content (AvgIpc) is 2.90. The number of nitrogens with zero attached hydrogens (tertiary/aromatic N) is 2. The molecule has 2 atom stereocenters. The number of benzene rings is 1. The van der Waals surface area contributed by atoms with Crippen LogP contribution in [0.2, 0.25) is 0 Å². The molecule has 1 amide bonds. The number of nitrogens with one attached hydrogen (secondary N) is 1. The van der Waals surface area contributed by atoms with Crippen LogP contribution in [0.4, 0.5) is 0 Å². The molecule has 0 aliphatic heterocycles. The van der Waals surface area contributed by atoms with Crippen LogP contribution in [-0.4, -0.2) is 34.1 Å². The van der Waals surface area contributed by atoms with Gasteiger partial charge in [0.15, 0.2) is 0 Å². The summed E-state index contributed by atoms with van der Waals surface area (Å²) in [4.78, 5) is 28.0. The molecule has 2 rings (SSSR count). The van der Waals surface area contributed by atoms with Crippen molar-refractivity contribution in [3.63, 3.8) is 0 Å². The van der Waals surface area contributed by atoms with E-state index in [1.54, 1.807) is 31.7 Å². The Morgan fingerprint density at radius 2 is 2.05 bits per heavy atom. The van der Waals surface area contributed by atoms with Crippen molar-refractivity contribution in [1.29, 1.82) is 0 Å². The third kappa shape index (κ3) is 3.21. The number of carbonyl (C=O) groups is 2. The van der Waals surface area contributed by atoms with Gasteiger partial charge in [-0.2, -0.15) is 0 Å². The lowest BCUT2D eigenvalue weighted by atomic mass is 10.2. The second-order valence-electron chi connectivity index (χ2n) is 4.80. The van der Waals surface area contributed by atoms with Crippen LogP contribution in [0.5, 0.6) is 0 Å². The predicted octanol–water partition coefficient (Wildman–Crippen LogP) is 1.67. The largest absolute Gasteiger partial charge is 0.464 e. The van der Waals surface area contributed by atoms with Crippen molar-refractivity contribution in [2.45, 2.75) is 32.9 Å². The van der Waals surface area contributed by atoms with Gasteiger partial charge in [0, 0.05) is 0 Å². The zero-order chi connectivity index (χ0) is 15.4. The Kier molecular flexibility index (Phi) is 4.57. The number of rotatable bonds is 5. The number of carbonyl (C=O) groups excluding carboxylic acids is 2. The highest BCUT2D eigenvalue weighted by atomic mass is 16.5. The number of esters is 1. The van der Waals surface area contributed by atoms with Gasteiger partial charge in [-0.3, -0.25) is 4.79 Å². The summed E-state index contributed by atoms with van der Waals surface area (Å²) in [6.07, 6.45) is 1.63. The Bertz CT molecular complexity index is 650. The van der Waals surface area contributed by atoms with Crippen LogP contribution in [0.3, 0.4) is 0 Å². The molecule has 2 unspecified atom stereocenters. The van der Waals surface area contributed by atoms with Gasteiger partial charge in [-0.15, -0.1) is 0 Å². The molecule has 0 bridgehead atoms. The van der Waals surface area contributed by atoms with Gasteiger partial charge in [-0.05, 0) is 32.9 Å². The van der Waals surface area contributed by atoms with Gasteiger partial charge < -0.3 is 14.6 Å². The fourth-order valence-electron chi connectivity index (χ4n) is 2.07. The van der Waals surface area contributed by atoms with Crippen molar-refractivity contribution in [3.05, 3.63) is 30.6 Å². The maximum absolute atomic E-state index is 12.2. The average molecular weight is 289 g/mol. The smallest absolute Gasteiger partial charge is 0.328 e. The molecule has 0 saturated heterocycles. The summed E-state index contributed by atoms with van der Waals surface area (Å²) in [6, 6.07) is 6.45. The molecule has 0 saturated carbocycles. The first kappa shape index (κ1) is 15.0. The van der Waals surface area contributed by atoms with Crippen molar-refractivity contribution in [2.75, 3.05) is 6.61 Å². The number of amides is 1. The van der Waals surface area contributed by atoms with Gasteiger partial charge in [-0.25, -0.2) is 9.78 Å². The normalized spacial score (nSPS) is 13.7. The highest BCUT2D eigenvalue weighted by Crippen LogP contribution is 2.17. The van der Waals surface area contributed by atoms with Gasteiger partial charge in [0.2, 0.25) is 5.91 Å². The second-order valence-corrected chi connectivity index (χ2v) is 4.80. The minimum absolute atomic E-state index is 0.251. The zero-order valence-corrected chi connectivity index (χ0v) is 12.4. The van der Waals surface area contributed by atoms with E-state index in [9.17, 15) is 9.59 Å². The Balaban J connectivity index is 2.11. The van der Waals surface area contributed by atoms with Crippen molar-refractivity contribution in [2.24, 2.45) is 0 Å².